The number of carbonyl (C=O) groups excluding carboxylic acids is 1. The first-order chi connectivity index (χ1) is 14.3. The molecule has 170 valence electrons. The van der Waals surface area contributed by atoms with Crippen molar-refractivity contribution in [3.8, 4) is 0 Å². The molecule has 4 aliphatic carbocycles. The Kier molecular flexibility index (Phi) is 6.30. The lowest BCUT2D eigenvalue weighted by atomic mass is 9.45. The van der Waals surface area contributed by atoms with Crippen LogP contribution in [0.2, 0.25) is 0 Å². The van der Waals surface area contributed by atoms with Crippen LogP contribution in [-0.4, -0.2) is 18.0 Å². The topological polar surface area (TPSA) is 37.3 Å². The molecule has 2 fully saturated rings. The quantitative estimate of drug-likeness (QED) is 0.356. The molecule has 0 saturated heterocycles. The third kappa shape index (κ3) is 3.35. The van der Waals surface area contributed by atoms with Gasteiger partial charge in [0.15, 0.2) is 0 Å². The molecule has 0 heterocycles. The van der Waals surface area contributed by atoms with Gasteiger partial charge in [-0.15, -0.1) is 0 Å². The third-order valence-corrected chi connectivity index (χ3v) is 10.9. The highest BCUT2D eigenvalue weighted by Gasteiger charge is 2.59. The zero-order chi connectivity index (χ0) is 21.6. The van der Waals surface area contributed by atoms with E-state index in [0.717, 1.165) is 37.0 Å². The molecule has 0 aromatic heterocycles. The van der Waals surface area contributed by atoms with Crippen LogP contribution < -0.4 is 0 Å². The molecular weight excluding hydrogens is 368 g/mol. The Bertz CT molecular complexity index is 680. The molecule has 4 rings (SSSR count). The Hall–Kier alpha value is -0.630. The Balaban J connectivity index is 1.54. The number of allylic oxidation sites excluding steroid dienone is 2. The van der Waals surface area contributed by atoms with E-state index in [4.69, 9.17) is 0 Å². The molecule has 0 amide bonds. The molecule has 0 aliphatic heterocycles. The van der Waals surface area contributed by atoms with Crippen molar-refractivity contribution in [2.24, 2.45) is 39.9 Å². The normalized spacial score (nSPS) is 42.8. The molecule has 0 radical (unpaired) electrons. The second kappa shape index (κ2) is 8.38. The summed E-state index contributed by atoms with van der Waals surface area (Å²) in [5, 5.41) is 9.33. The number of carbonyl (C=O) groups is 1. The van der Waals surface area contributed by atoms with E-state index < -0.39 is 0 Å². The zero-order valence-electron chi connectivity index (χ0n) is 20.1. The van der Waals surface area contributed by atoms with Crippen molar-refractivity contribution >= 4 is 6.29 Å². The predicted octanol–water partition coefficient (Wildman–Crippen LogP) is 7.10. The number of hydrogen-bond acceptors (Lipinski definition) is 2. The van der Waals surface area contributed by atoms with Gasteiger partial charge in [-0.1, -0.05) is 64.5 Å². The minimum Gasteiger partial charge on any atom is -0.396 e. The van der Waals surface area contributed by atoms with E-state index in [-0.39, 0.29) is 10.8 Å². The fraction of sp³-hybridized carbons (Fsp3) is 0.893. The number of hydrogen-bond donors (Lipinski definition) is 1. The molecule has 0 spiro atoms. The Morgan fingerprint density at radius 2 is 1.80 bits per heavy atom. The summed E-state index contributed by atoms with van der Waals surface area (Å²) in [6, 6.07) is 0. The van der Waals surface area contributed by atoms with Crippen molar-refractivity contribution in [1.82, 2.24) is 0 Å². The maximum atomic E-state index is 12.4. The molecular formula is C28H46O2. The van der Waals surface area contributed by atoms with Crippen LogP contribution in [0, 0.1) is 39.9 Å². The van der Waals surface area contributed by atoms with Crippen molar-refractivity contribution < 1.29 is 9.90 Å². The highest BCUT2D eigenvalue weighted by Crippen LogP contribution is 2.68. The number of fused-ring (bicyclic) bond motifs is 4. The summed E-state index contributed by atoms with van der Waals surface area (Å²) < 4.78 is 0. The van der Waals surface area contributed by atoms with Gasteiger partial charge in [-0.25, -0.2) is 0 Å². The second-order valence-electron chi connectivity index (χ2n) is 12.3. The fourth-order valence-corrected chi connectivity index (χ4v) is 8.83. The van der Waals surface area contributed by atoms with Crippen molar-refractivity contribution in [3.05, 3.63) is 11.1 Å². The van der Waals surface area contributed by atoms with E-state index in [2.05, 4.69) is 27.7 Å². The summed E-state index contributed by atoms with van der Waals surface area (Å²) in [6.45, 7) is 10.1. The van der Waals surface area contributed by atoms with Crippen molar-refractivity contribution in [2.45, 2.75) is 111 Å². The molecule has 2 saturated carbocycles. The fourth-order valence-electron chi connectivity index (χ4n) is 8.83. The van der Waals surface area contributed by atoms with Gasteiger partial charge in [0.2, 0.25) is 0 Å². The van der Waals surface area contributed by atoms with Crippen molar-refractivity contribution in [1.29, 1.82) is 0 Å². The molecule has 30 heavy (non-hydrogen) atoms. The van der Waals surface area contributed by atoms with Gasteiger partial charge in [0.1, 0.15) is 6.29 Å². The van der Waals surface area contributed by atoms with Gasteiger partial charge in [0.05, 0.1) is 0 Å². The molecule has 1 unspecified atom stereocenters. The lowest BCUT2D eigenvalue weighted by Crippen LogP contribution is -2.51. The van der Waals surface area contributed by atoms with Gasteiger partial charge in [-0.3, -0.25) is 0 Å². The van der Waals surface area contributed by atoms with E-state index in [1.54, 1.807) is 5.57 Å². The summed E-state index contributed by atoms with van der Waals surface area (Å²) in [4.78, 5) is 12.4. The third-order valence-electron chi connectivity index (χ3n) is 10.9. The van der Waals surface area contributed by atoms with Gasteiger partial charge >= 0.3 is 0 Å². The monoisotopic (exact) mass is 414 g/mol. The van der Waals surface area contributed by atoms with Crippen LogP contribution in [0.3, 0.4) is 0 Å². The van der Waals surface area contributed by atoms with Crippen LogP contribution in [0.25, 0.3) is 0 Å². The van der Waals surface area contributed by atoms with E-state index >= 15 is 0 Å². The molecule has 0 aromatic rings. The number of aliphatic hydroxyl groups excluding tert-OH is 1. The highest BCUT2D eigenvalue weighted by atomic mass is 16.3. The van der Waals surface area contributed by atoms with Crippen molar-refractivity contribution in [3.63, 3.8) is 0 Å². The zero-order valence-corrected chi connectivity index (χ0v) is 20.1. The molecule has 2 nitrogen and oxygen atoms in total. The maximum Gasteiger partial charge on any atom is 0.127 e. The van der Waals surface area contributed by atoms with Crippen LogP contribution in [0.15, 0.2) is 11.1 Å². The average molecular weight is 415 g/mol. The SMILES string of the molecule is CC(CO)CCC[C@@H](C)[C@H]1CC[C@H]2C3=C(CC[C@]12C)[C@@]1(C)CCCC[C@]1(C=O)CC3. The summed E-state index contributed by atoms with van der Waals surface area (Å²) in [6.07, 6.45) is 17.7. The van der Waals surface area contributed by atoms with Gasteiger partial charge < -0.3 is 9.90 Å². The largest absolute Gasteiger partial charge is 0.396 e. The molecule has 2 heteroatoms. The van der Waals surface area contributed by atoms with Gasteiger partial charge in [-0.05, 0) is 86.9 Å². The summed E-state index contributed by atoms with van der Waals surface area (Å²) in [5.74, 6) is 2.85. The smallest absolute Gasteiger partial charge is 0.127 e. The maximum absolute atomic E-state index is 12.4. The minimum absolute atomic E-state index is 0.0630. The average Bonchev–Trinajstić information content (AvgIpc) is 3.10. The summed E-state index contributed by atoms with van der Waals surface area (Å²) in [7, 11) is 0. The lowest BCUT2D eigenvalue weighted by Gasteiger charge is -2.58. The number of aldehydes is 1. The van der Waals surface area contributed by atoms with Gasteiger partial charge in [-0.2, -0.15) is 0 Å². The van der Waals surface area contributed by atoms with Gasteiger partial charge in [0.25, 0.3) is 0 Å². The van der Waals surface area contributed by atoms with Gasteiger partial charge in [0, 0.05) is 17.4 Å². The van der Waals surface area contributed by atoms with Crippen LogP contribution in [0.5, 0.6) is 0 Å². The summed E-state index contributed by atoms with van der Waals surface area (Å²) >= 11 is 0. The number of aliphatic hydroxyl groups is 1. The number of rotatable bonds is 7. The van der Waals surface area contributed by atoms with Crippen LogP contribution in [0.1, 0.15) is 111 Å². The second-order valence-corrected chi connectivity index (χ2v) is 12.3. The standard InChI is InChI=1S/C28H46O2/c1-20(18-29)8-7-9-21(2)23-10-11-24-22-12-17-28(19-30)15-6-5-14-27(28,4)25(22)13-16-26(23,24)3/h19-21,23-24,29H,5-18H2,1-4H3/t20?,21-,23-,24+,26-,27-,28-/m1/s1. The minimum atomic E-state index is -0.0630. The molecule has 1 N–H and O–H groups in total. The molecule has 7 atom stereocenters. The van der Waals surface area contributed by atoms with Crippen molar-refractivity contribution in [2.75, 3.05) is 6.61 Å². The van der Waals surface area contributed by atoms with Crippen LogP contribution in [0.4, 0.5) is 0 Å². The highest BCUT2D eigenvalue weighted by molar-refractivity contribution is 5.64. The van der Waals surface area contributed by atoms with E-state index in [1.165, 1.54) is 70.5 Å². The van der Waals surface area contributed by atoms with Crippen LogP contribution in [-0.2, 0) is 4.79 Å². The first kappa shape index (κ1) is 22.6. The first-order valence-corrected chi connectivity index (χ1v) is 13.1. The molecule has 4 aliphatic rings. The first-order valence-electron chi connectivity index (χ1n) is 13.1. The van der Waals surface area contributed by atoms with E-state index in [0.29, 0.717) is 17.9 Å². The Morgan fingerprint density at radius 3 is 2.53 bits per heavy atom. The Labute approximate surface area is 185 Å². The Morgan fingerprint density at radius 1 is 1.03 bits per heavy atom. The molecule has 0 aromatic carbocycles. The van der Waals surface area contributed by atoms with E-state index in [9.17, 15) is 9.90 Å². The van der Waals surface area contributed by atoms with Crippen LogP contribution >= 0.6 is 0 Å². The summed E-state index contributed by atoms with van der Waals surface area (Å²) in [5.41, 5.74) is 4.10. The predicted molar refractivity (Wildman–Crippen MR) is 124 cm³/mol. The molecule has 0 bridgehead atoms. The van der Waals surface area contributed by atoms with E-state index in [1.807, 2.05) is 5.57 Å². The lowest BCUT2D eigenvalue weighted by molar-refractivity contribution is -0.127.